The van der Waals surface area contributed by atoms with Gasteiger partial charge in [-0.15, -0.1) is 0 Å². The van der Waals surface area contributed by atoms with Crippen LogP contribution in [-0.4, -0.2) is 22.8 Å². The van der Waals surface area contributed by atoms with Crippen LogP contribution in [0, 0.1) is 16.0 Å². The monoisotopic (exact) mass is 390 g/mol. The molecular formula is C19H19ClN2O5. The molecule has 27 heavy (non-hydrogen) atoms. The van der Waals surface area contributed by atoms with E-state index < -0.39 is 22.8 Å². The fourth-order valence-corrected chi connectivity index (χ4v) is 2.41. The van der Waals surface area contributed by atoms with Crippen LogP contribution in [0.4, 0.5) is 5.69 Å². The molecule has 0 fully saturated rings. The molecule has 0 spiro atoms. The molecule has 0 heterocycles. The first-order valence-corrected chi connectivity index (χ1v) is 8.62. The van der Waals surface area contributed by atoms with Crippen molar-refractivity contribution in [1.82, 2.24) is 5.32 Å². The Morgan fingerprint density at radius 1 is 1.11 bits per heavy atom. The predicted octanol–water partition coefficient (Wildman–Crippen LogP) is 3.75. The molecule has 0 unspecified atom stereocenters. The fraction of sp³-hybridized carbons (Fsp3) is 0.263. The van der Waals surface area contributed by atoms with E-state index in [2.05, 4.69) is 5.32 Å². The molecular weight excluding hydrogens is 372 g/mol. The summed E-state index contributed by atoms with van der Waals surface area (Å²) in [5, 5.41) is 13.8. The summed E-state index contributed by atoms with van der Waals surface area (Å²) in [4.78, 5) is 34.9. The summed E-state index contributed by atoms with van der Waals surface area (Å²) in [6.07, 6.45) is 0. The number of non-ortho nitro benzene ring substituents is 1. The van der Waals surface area contributed by atoms with Gasteiger partial charge in [0.05, 0.1) is 4.92 Å². The van der Waals surface area contributed by atoms with Gasteiger partial charge in [0.2, 0.25) is 0 Å². The quantitative estimate of drug-likeness (QED) is 0.441. The number of carbonyl (C=O) groups excluding carboxylic acids is 2. The van der Waals surface area contributed by atoms with Gasteiger partial charge < -0.3 is 10.1 Å². The van der Waals surface area contributed by atoms with Gasteiger partial charge in [-0.3, -0.25) is 14.9 Å². The Bertz CT molecular complexity index is 819. The highest BCUT2D eigenvalue weighted by Crippen LogP contribution is 2.14. The molecule has 2 rings (SSSR count). The van der Waals surface area contributed by atoms with Crippen molar-refractivity contribution < 1.29 is 19.2 Å². The highest BCUT2D eigenvalue weighted by Gasteiger charge is 2.26. The number of nitrogens with zero attached hydrogens (tertiary/aromatic N) is 1. The summed E-state index contributed by atoms with van der Waals surface area (Å²) < 4.78 is 5.26. The van der Waals surface area contributed by atoms with Gasteiger partial charge in [0.15, 0.2) is 0 Å². The van der Waals surface area contributed by atoms with E-state index in [1.807, 2.05) is 0 Å². The number of amides is 1. The Morgan fingerprint density at radius 2 is 1.70 bits per heavy atom. The van der Waals surface area contributed by atoms with E-state index in [-0.39, 0.29) is 18.2 Å². The first-order valence-electron chi connectivity index (χ1n) is 8.24. The van der Waals surface area contributed by atoms with Gasteiger partial charge in [0.25, 0.3) is 11.6 Å². The van der Waals surface area contributed by atoms with Crippen molar-refractivity contribution >= 4 is 29.2 Å². The molecule has 0 aromatic heterocycles. The van der Waals surface area contributed by atoms with Crippen molar-refractivity contribution in [3.63, 3.8) is 0 Å². The number of nitrogens with one attached hydrogen (secondary N) is 1. The van der Waals surface area contributed by atoms with E-state index in [1.165, 1.54) is 24.3 Å². The number of halogens is 1. The van der Waals surface area contributed by atoms with Crippen molar-refractivity contribution in [2.75, 3.05) is 0 Å². The lowest BCUT2D eigenvalue weighted by Gasteiger charge is -2.21. The molecule has 2 aromatic rings. The number of benzene rings is 2. The Hall–Kier alpha value is -2.93. The average Bonchev–Trinajstić information content (AvgIpc) is 2.64. The number of ether oxygens (including phenoxy) is 1. The lowest BCUT2D eigenvalue weighted by molar-refractivity contribution is -0.384. The highest BCUT2D eigenvalue weighted by molar-refractivity contribution is 6.30. The third kappa shape index (κ3) is 5.79. The number of hydrogen-bond donors (Lipinski definition) is 1. The smallest absolute Gasteiger partial charge is 0.329 e. The molecule has 8 heteroatoms. The Labute approximate surface area is 161 Å². The summed E-state index contributed by atoms with van der Waals surface area (Å²) in [7, 11) is 0. The van der Waals surface area contributed by atoms with Crippen LogP contribution < -0.4 is 5.32 Å². The van der Waals surface area contributed by atoms with Gasteiger partial charge in [-0.25, -0.2) is 4.79 Å². The number of hydrogen-bond acceptors (Lipinski definition) is 5. The van der Waals surface area contributed by atoms with Crippen LogP contribution in [0.3, 0.4) is 0 Å². The molecule has 0 aliphatic rings. The van der Waals surface area contributed by atoms with E-state index in [0.29, 0.717) is 16.1 Å². The van der Waals surface area contributed by atoms with Gasteiger partial charge in [-0.05, 0) is 47.9 Å². The highest BCUT2D eigenvalue weighted by atomic mass is 35.5. The topological polar surface area (TPSA) is 98.5 Å². The minimum atomic E-state index is -0.828. The van der Waals surface area contributed by atoms with Gasteiger partial charge in [0, 0.05) is 22.7 Å². The SMILES string of the molecule is CC(C)[C@H](NC(=O)c1ccc(Cl)cc1)C(=O)OCc1ccc([N+](=O)[O-])cc1. The van der Waals surface area contributed by atoms with Crippen LogP contribution in [-0.2, 0) is 16.1 Å². The summed E-state index contributed by atoms with van der Waals surface area (Å²) in [5.41, 5.74) is 0.953. The molecule has 0 saturated carbocycles. The summed E-state index contributed by atoms with van der Waals surface area (Å²) in [6, 6.07) is 11.2. The number of rotatable bonds is 7. The second kappa shape index (κ2) is 9.14. The lowest BCUT2D eigenvalue weighted by Crippen LogP contribution is -2.45. The Balaban J connectivity index is 1.98. The molecule has 2 aromatic carbocycles. The standard InChI is InChI=1S/C19H19ClN2O5/c1-12(2)17(21-18(23)14-5-7-15(20)8-6-14)19(24)27-11-13-3-9-16(10-4-13)22(25)26/h3-10,12,17H,11H2,1-2H3,(H,21,23)/t17-/m0/s1. The Morgan fingerprint density at radius 3 is 2.22 bits per heavy atom. The zero-order valence-electron chi connectivity index (χ0n) is 14.8. The molecule has 0 aliphatic carbocycles. The molecule has 1 atom stereocenters. The predicted molar refractivity (Wildman–Crippen MR) is 100 cm³/mol. The molecule has 7 nitrogen and oxygen atoms in total. The lowest BCUT2D eigenvalue weighted by atomic mass is 10.0. The van der Waals surface area contributed by atoms with E-state index in [9.17, 15) is 19.7 Å². The molecule has 0 radical (unpaired) electrons. The summed E-state index contributed by atoms with van der Waals surface area (Å²) >= 11 is 5.81. The third-order valence-corrected chi connectivity index (χ3v) is 4.09. The molecule has 1 amide bonds. The van der Waals surface area contributed by atoms with Crippen LogP contribution in [0.2, 0.25) is 5.02 Å². The van der Waals surface area contributed by atoms with Crippen molar-refractivity contribution in [3.8, 4) is 0 Å². The van der Waals surface area contributed by atoms with Gasteiger partial charge in [0.1, 0.15) is 12.6 Å². The first-order chi connectivity index (χ1) is 12.8. The van der Waals surface area contributed by atoms with Crippen molar-refractivity contribution in [2.45, 2.75) is 26.5 Å². The number of nitro benzene ring substituents is 1. The van der Waals surface area contributed by atoms with Crippen molar-refractivity contribution in [1.29, 1.82) is 0 Å². The van der Waals surface area contributed by atoms with E-state index in [1.54, 1.807) is 38.1 Å². The normalized spacial score (nSPS) is 11.7. The second-order valence-electron chi connectivity index (χ2n) is 6.23. The minimum absolute atomic E-state index is 0.0413. The van der Waals surface area contributed by atoms with Crippen LogP contribution in [0.25, 0.3) is 0 Å². The van der Waals surface area contributed by atoms with Crippen molar-refractivity contribution in [2.24, 2.45) is 5.92 Å². The van der Waals surface area contributed by atoms with E-state index in [4.69, 9.17) is 16.3 Å². The molecule has 0 aliphatic heterocycles. The van der Waals surface area contributed by atoms with Crippen LogP contribution in [0.15, 0.2) is 48.5 Å². The second-order valence-corrected chi connectivity index (χ2v) is 6.67. The molecule has 0 saturated heterocycles. The van der Waals surface area contributed by atoms with Gasteiger partial charge >= 0.3 is 5.97 Å². The van der Waals surface area contributed by atoms with Crippen molar-refractivity contribution in [3.05, 3.63) is 74.8 Å². The first kappa shape index (κ1) is 20.4. The molecule has 142 valence electrons. The fourth-order valence-electron chi connectivity index (χ4n) is 2.28. The van der Waals surface area contributed by atoms with E-state index in [0.717, 1.165) is 0 Å². The largest absolute Gasteiger partial charge is 0.459 e. The average molecular weight is 391 g/mol. The summed E-state index contributed by atoms with van der Waals surface area (Å²) in [5.74, 6) is -1.17. The maximum atomic E-state index is 12.4. The molecule has 1 N–H and O–H groups in total. The zero-order chi connectivity index (χ0) is 20.0. The number of esters is 1. The van der Waals surface area contributed by atoms with Crippen LogP contribution >= 0.6 is 11.6 Å². The number of nitro groups is 1. The Kier molecular flexibility index (Phi) is 6.90. The maximum Gasteiger partial charge on any atom is 0.329 e. The van der Waals surface area contributed by atoms with Gasteiger partial charge in [-0.2, -0.15) is 0 Å². The van der Waals surface area contributed by atoms with Gasteiger partial charge in [-0.1, -0.05) is 25.4 Å². The zero-order valence-corrected chi connectivity index (χ0v) is 15.6. The minimum Gasteiger partial charge on any atom is -0.459 e. The van der Waals surface area contributed by atoms with Crippen LogP contribution in [0.1, 0.15) is 29.8 Å². The number of carbonyl (C=O) groups is 2. The van der Waals surface area contributed by atoms with E-state index >= 15 is 0 Å². The molecule has 0 bridgehead atoms. The summed E-state index contributed by atoms with van der Waals surface area (Å²) in [6.45, 7) is 3.54. The maximum absolute atomic E-state index is 12.4. The van der Waals surface area contributed by atoms with Crippen LogP contribution in [0.5, 0.6) is 0 Å². The third-order valence-electron chi connectivity index (χ3n) is 3.84.